The van der Waals surface area contributed by atoms with Gasteiger partial charge in [-0.05, 0) is 84.8 Å². The van der Waals surface area contributed by atoms with E-state index >= 15 is 0 Å². The van der Waals surface area contributed by atoms with Gasteiger partial charge in [0.25, 0.3) is 0 Å². The van der Waals surface area contributed by atoms with E-state index in [1.165, 1.54) is 54.9 Å². The summed E-state index contributed by atoms with van der Waals surface area (Å²) in [5.41, 5.74) is 13.1. The van der Waals surface area contributed by atoms with Crippen LogP contribution >= 0.6 is 0 Å². The Bertz CT molecular complexity index is 3120. The third-order valence-corrected chi connectivity index (χ3v) is 10.7. The fourth-order valence-corrected chi connectivity index (χ4v) is 8.38. The van der Waals surface area contributed by atoms with Gasteiger partial charge in [0.1, 0.15) is 22.3 Å². The van der Waals surface area contributed by atoms with E-state index in [0.717, 1.165) is 55.0 Å². The molecule has 0 N–H and O–H groups in total. The Balaban J connectivity index is 1.07. The van der Waals surface area contributed by atoms with Crippen LogP contribution in [0.4, 0.5) is 0 Å². The maximum atomic E-state index is 6.46. The molecule has 0 saturated heterocycles. The fraction of sp³-hybridized carbons (Fsp3) is 0. The van der Waals surface area contributed by atoms with Gasteiger partial charge >= 0.3 is 0 Å². The van der Waals surface area contributed by atoms with Crippen molar-refractivity contribution in [1.29, 1.82) is 0 Å². The monoisotopic (exact) mass is 662 g/mol. The second kappa shape index (κ2) is 11.3. The third kappa shape index (κ3) is 4.31. The molecule has 0 spiro atoms. The highest BCUT2D eigenvalue weighted by atomic mass is 16.3. The highest BCUT2D eigenvalue weighted by Crippen LogP contribution is 2.46. The van der Waals surface area contributed by atoms with Crippen molar-refractivity contribution in [3.05, 3.63) is 182 Å². The average molecular weight is 663 g/mol. The molecule has 0 fully saturated rings. The van der Waals surface area contributed by atoms with E-state index in [2.05, 4.69) is 158 Å². The molecule has 2 heteroatoms. The van der Waals surface area contributed by atoms with Gasteiger partial charge in [0, 0.05) is 27.1 Å². The molecule has 11 aromatic rings. The van der Waals surface area contributed by atoms with Crippen molar-refractivity contribution in [3.8, 4) is 44.5 Å². The van der Waals surface area contributed by atoms with Crippen molar-refractivity contribution in [2.45, 2.75) is 0 Å². The molecule has 242 valence electrons. The van der Waals surface area contributed by atoms with E-state index in [1.54, 1.807) is 0 Å². The molecule has 0 aliphatic rings. The van der Waals surface area contributed by atoms with Crippen molar-refractivity contribution in [1.82, 2.24) is 0 Å². The van der Waals surface area contributed by atoms with Gasteiger partial charge in [0.2, 0.25) is 0 Å². The summed E-state index contributed by atoms with van der Waals surface area (Å²) in [5, 5.41) is 9.49. The number of rotatable bonds is 4. The molecule has 9 aromatic carbocycles. The zero-order valence-electron chi connectivity index (χ0n) is 28.1. The van der Waals surface area contributed by atoms with Gasteiger partial charge in [0.15, 0.2) is 0 Å². The molecule has 2 aromatic heterocycles. The predicted octanol–water partition coefficient (Wildman–Crippen LogP) is 14.5. The Morgan fingerprint density at radius 1 is 0.250 bits per heavy atom. The summed E-state index contributed by atoms with van der Waals surface area (Å²) in [5.74, 6) is 0. The van der Waals surface area contributed by atoms with Crippen LogP contribution in [0.2, 0.25) is 0 Å². The lowest BCUT2D eigenvalue weighted by atomic mass is 9.85. The first-order valence-corrected chi connectivity index (χ1v) is 17.8. The van der Waals surface area contributed by atoms with E-state index in [4.69, 9.17) is 8.83 Å². The normalized spacial score (nSPS) is 11.8. The topological polar surface area (TPSA) is 26.3 Å². The molecule has 0 radical (unpaired) electrons. The molecule has 2 nitrogen and oxygen atoms in total. The highest BCUT2D eigenvalue weighted by Gasteiger charge is 2.19. The first-order valence-electron chi connectivity index (χ1n) is 17.8. The third-order valence-electron chi connectivity index (χ3n) is 10.7. The summed E-state index contributed by atoms with van der Waals surface area (Å²) >= 11 is 0. The van der Waals surface area contributed by atoms with Gasteiger partial charge in [0.05, 0.1) is 0 Å². The Labute approximate surface area is 299 Å². The van der Waals surface area contributed by atoms with E-state index in [0.29, 0.717) is 0 Å². The number of hydrogen-bond acceptors (Lipinski definition) is 2. The van der Waals surface area contributed by atoms with E-state index in [1.807, 2.05) is 24.3 Å². The quantitative estimate of drug-likeness (QED) is 0.175. The largest absolute Gasteiger partial charge is 0.456 e. The maximum Gasteiger partial charge on any atom is 0.143 e. The summed E-state index contributed by atoms with van der Waals surface area (Å²) in [6, 6.07) is 65.1. The van der Waals surface area contributed by atoms with E-state index < -0.39 is 0 Å². The van der Waals surface area contributed by atoms with Crippen molar-refractivity contribution in [2.75, 3.05) is 0 Å². The van der Waals surface area contributed by atoms with Crippen molar-refractivity contribution in [3.63, 3.8) is 0 Å². The smallest absolute Gasteiger partial charge is 0.143 e. The van der Waals surface area contributed by atoms with E-state index in [9.17, 15) is 0 Å². The van der Waals surface area contributed by atoms with Crippen LogP contribution in [0, 0.1) is 0 Å². The zero-order valence-corrected chi connectivity index (χ0v) is 28.1. The zero-order chi connectivity index (χ0) is 34.2. The van der Waals surface area contributed by atoms with Crippen molar-refractivity contribution < 1.29 is 8.83 Å². The van der Waals surface area contributed by atoms with Crippen LogP contribution in [0.5, 0.6) is 0 Å². The maximum absolute atomic E-state index is 6.46. The molecular weight excluding hydrogens is 633 g/mol. The van der Waals surface area contributed by atoms with Crippen molar-refractivity contribution in [2.24, 2.45) is 0 Å². The van der Waals surface area contributed by atoms with Crippen LogP contribution < -0.4 is 0 Å². The lowest BCUT2D eigenvalue weighted by molar-refractivity contribution is 0.669. The second-order valence-corrected chi connectivity index (χ2v) is 13.6. The second-order valence-electron chi connectivity index (χ2n) is 13.6. The van der Waals surface area contributed by atoms with Crippen LogP contribution in [0.15, 0.2) is 191 Å². The molecule has 0 saturated carbocycles. The Kier molecular flexibility index (Phi) is 6.28. The van der Waals surface area contributed by atoms with Gasteiger partial charge in [-0.1, -0.05) is 158 Å². The van der Waals surface area contributed by atoms with E-state index in [-0.39, 0.29) is 0 Å². The summed E-state index contributed by atoms with van der Waals surface area (Å²) in [6.45, 7) is 0. The van der Waals surface area contributed by atoms with Gasteiger partial charge in [-0.3, -0.25) is 0 Å². The fourth-order valence-electron chi connectivity index (χ4n) is 8.38. The van der Waals surface area contributed by atoms with Crippen LogP contribution in [-0.2, 0) is 0 Å². The van der Waals surface area contributed by atoms with Gasteiger partial charge in [-0.25, -0.2) is 0 Å². The summed E-state index contributed by atoms with van der Waals surface area (Å²) in [4.78, 5) is 0. The average Bonchev–Trinajstić information content (AvgIpc) is 3.78. The SMILES string of the molecule is c1ccc(-c2cccc3c2oc2ccccc23)c(-c2ccc(-c3c4ccccc4c(-c4ccc5oc6ccccc6c5c4)c4ccccc34)cc2)c1. The number of benzene rings is 9. The van der Waals surface area contributed by atoms with Crippen LogP contribution in [0.3, 0.4) is 0 Å². The molecule has 52 heavy (non-hydrogen) atoms. The lowest BCUT2D eigenvalue weighted by Gasteiger charge is -2.18. The van der Waals surface area contributed by atoms with Crippen LogP contribution in [-0.4, -0.2) is 0 Å². The first-order chi connectivity index (χ1) is 25.8. The summed E-state index contributed by atoms with van der Waals surface area (Å²) in [6.07, 6.45) is 0. The minimum absolute atomic E-state index is 0.908. The lowest BCUT2D eigenvalue weighted by Crippen LogP contribution is -1.91. The Morgan fingerprint density at radius 2 is 0.692 bits per heavy atom. The van der Waals surface area contributed by atoms with Crippen LogP contribution in [0.25, 0.3) is 110 Å². The standard InChI is InChI=1S/C50H30O2/c1-2-13-35(42-20-11-21-43-36-14-7-10-23-46(36)52-50(42)43)34(12-1)31-24-26-32(27-25-31)48-38-16-3-5-18-40(38)49(41-19-6-4-17-39(41)48)33-28-29-47-44(30-33)37-15-8-9-22-45(37)51-47/h1-30H. The number of fused-ring (bicyclic) bond motifs is 8. The minimum Gasteiger partial charge on any atom is -0.456 e. The molecule has 11 rings (SSSR count). The highest BCUT2D eigenvalue weighted by molar-refractivity contribution is 6.22. The Morgan fingerprint density at radius 3 is 1.37 bits per heavy atom. The van der Waals surface area contributed by atoms with Crippen LogP contribution in [0.1, 0.15) is 0 Å². The predicted molar refractivity (Wildman–Crippen MR) is 218 cm³/mol. The molecule has 0 atom stereocenters. The molecule has 0 amide bonds. The molecule has 2 heterocycles. The van der Waals surface area contributed by atoms with Gasteiger partial charge < -0.3 is 8.83 Å². The number of furan rings is 2. The molecule has 0 unspecified atom stereocenters. The summed E-state index contributed by atoms with van der Waals surface area (Å²) in [7, 11) is 0. The molecule has 0 aliphatic carbocycles. The summed E-state index contributed by atoms with van der Waals surface area (Å²) < 4.78 is 12.7. The molecule has 0 aliphatic heterocycles. The van der Waals surface area contributed by atoms with Gasteiger partial charge in [-0.15, -0.1) is 0 Å². The van der Waals surface area contributed by atoms with Gasteiger partial charge in [-0.2, -0.15) is 0 Å². The Hall–Kier alpha value is -6.90. The van der Waals surface area contributed by atoms with Crippen molar-refractivity contribution >= 4 is 65.4 Å². The molecule has 0 bridgehead atoms. The first kappa shape index (κ1) is 28.9. The number of hydrogen-bond donors (Lipinski definition) is 0. The molecular formula is C50H30O2. The minimum atomic E-state index is 0.908. The number of para-hydroxylation sites is 3.